The monoisotopic (exact) mass is 299 g/mol. The van der Waals surface area contributed by atoms with E-state index in [0.717, 1.165) is 49.7 Å². The lowest BCUT2D eigenvalue weighted by atomic mass is 10.00. The second-order valence-corrected chi connectivity index (χ2v) is 6.30. The lowest BCUT2D eigenvalue weighted by Crippen LogP contribution is -2.51. The molecule has 2 aromatic rings. The highest BCUT2D eigenvalue weighted by Gasteiger charge is 2.39. The molecule has 2 fully saturated rings. The van der Waals surface area contributed by atoms with Gasteiger partial charge in [0.25, 0.3) is 0 Å². The van der Waals surface area contributed by atoms with Crippen LogP contribution in [0.4, 0.5) is 5.95 Å². The van der Waals surface area contributed by atoms with Crippen molar-refractivity contribution in [1.29, 1.82) is 0 Å². The predicted molar refractivity (Wildman–Crippen MR) is 83.6 cm³/mol. The van der Waals surface area contributed by atoms with E-state index in [0.29, 0.717) is 0 Å². The van der Waals surface area contributed by atoms with Gasteiger partial charge in [-0.2, -0.15) is 5.10 Å². The fourth-order valence-corrected chi connectivity index (χ4v) is 3.55. The molecule has 2 aliphatic rings. The Kier molecular flexibility index (Phi) is 3.33. The summed E-state index contributed by atoms with van der Waals surface area (Å²) in [5, 5.41) is 4.22. The fraction of sp³-hybridized carbons (Fsp3) is 0.562. The second kappa shape index (κ2) is 5.35. The molecule has 0 amide bonds. The van der Waals surface area contributed by atoms with Crippen molar-refractivity contribution >= 4 is 5.95 Å². The van der Waals surface area contributed by atoms with Crippen LogP contribution in [0.25, 0.3) is 11.3 Å². The van der Waals surface area contributed by atoms with Crippen LogP contribution < -0.4 is 4.90 Å². The maximum Gasteiger partial charge on any atom is 0.226 e. The van der Waals surface area contributed by atoms with Crippen LogP contribution in [0.15, 0.2) is 24.7 Å². The van der Waals surface area contributed by atoms with E-state index in [2.05, 4.69) is 15.0 Å². The molecule has 2 aromatic heterocycles. The minimum atomic E-state index is 0.0336. The lowest BCUT2D eigenvalue weighted by molar-refractivity contribution is -0.0505. The zero-order valence-corrected chi connectivity index (χ0v) is 12.9. The normalized spacial score (nSPS) is 20.7. The molecule has 22 heavy (non-hydrogen) atoms. The van der Waals surface area contributed by atoms with Gasteiger partial charge in [0.15, 0.2) is 0 Å². The van der Waals surface area contributed by atoms with Crippen molar-refractivity contribution in [3.8, 4) is 11.3 Å². The first kappa shape index (κ1) is 13.7. The van der Waals surface area contributed by atoms with E-state index in [4.69, 9.17) is 9.72 Å². The SMILES string of the molecule is Cn1cc(-c2ccnc(N3CCOC4(CCCC4)C3)n2)cn1. The third-order valence-electron chi connectivity index (χ3n) is 4.69. The van der Waals surface area contributed by atoms with Crippen LogP contribution in [0.5, 0.6) is 0 Å². The molecular formula is C16H21N5O. The summed E-state index contributed by atoms with van der Waals surface area (Å²) in [7, 11) is 1.91. The van der Waals surface area contributed by atoms with Crippen molar-refractivity contribution in [1.82, 2.24) is 19.7 Å². The Morgan fingerprint density at radius 3 is 2.91 bits per heavy atom. The minimum Gasteiger partial charge on any atom is -0.371 e. The molecule has 0 N–H and O–H groups in total. The number of morpholine rings is 1. The Morgan fingerprint density at radius 1 is 1.27 bits per heavy atom. The van der Waals surface area contributed by atoms with Gasteiger partial charge in [0.1, 0.15) is 0 Å². The zero-order valence-electron chi connectivity index (χ0n) is 12.9. The summed E-state index contributed by atoms with van der Waals surface area (Å²) in [6, 6.07) is 1.94. The lowest BCUT2D eigenvalue weighted by Gasteiger charge is -2.40. The molecule has 1 aliphatic carbocycles. The van der Waals surface area contributed by atoms with Gasteiger partial charge < -0.3 is 9.64 Å². The average Bonchev–Trinajstić information content (AvgIpc) is 3.17. The third kappa shape index (κ3) is 2.47. The van der Waals surface area contributed by atoms with Crippen molar-refractivity contribution in [2.75, 3.05) is 24.6 Å². The summed E-state index contributed by atoms with van der Waals surface area (Å²) in [6.07, 6.45) is 10.5. The number of ether oxygens (including phenoxy) is 1. The van der Waals surface area contributed by atoms with E-state index in [1.807, 2.05) is 31.7 Å². The Bertz CT molecular complexity index is 662. The zero-order chi connectivity index (χ0) is 15.0. The van der Waals surface area contributed by atoms with E-state index in [-0.39, 0.29) is 5.60 Å². The summed E-state index contributed by atoms with van der Waals surface area (Å²) in [5.74, 6) is 0.802. The molecule has 0 atom stereocenters. The van der Waals surface area contributed by atoms with Gasteiger partial charge in [-0.3, -0.25) is 4.68 Å². The third-order valence-corrected chi connectivity index (χ3v) is 4.69. The molecule has 0 unspecified atom stereocenters. The summed E-state index contributed by atoms with van der Waals surface area (Å²) >= 11 is 0. The van der Waals surface area contributed by atoms with Crippen molar-refractivity contribution in [3.05, 3.63) is 24.7 Å². The maximum absolute atomic E-state index is 6.09. The van der Waals surface area contributed by atoms with Crippen molar-refractivity contribution in [2.45, 2.75) is 31.3 Å². The number of anilines is 1. The molecule has 6 nitrogen and oxygen atoms in total. The van der Waals surface area contributed by atoms with Gasteiger partial charge in [0, 0.05) is 38.1 Å². The summed E-state index contributed by atoms with van der Waals surface area (Å²) in [5.41, 5.74) is 1.98. The van der Waals surface area contributed by atoms with Crippen molar-refractivity contribution in [3.63, 3.8) is 0 Å². The van der Waals surface area contributed by atoms with Gasteiger partial charge in [-0.25, -0.2) is 9.97 Å². The van der Waals surface area contributed by atoms with Crippen LogP contribution in [-0.4, -0.2) is 45.0 Å². The van der Waals surface area contributed by atoms with Crippen LogP contribution in [0.2, 0.25) is 0 Å². The first-order chi connectivity index (χ1) is 10.7. The number of rotatable bonds is 2. The Labute approximate surface area is 130 Å². The van der Waals surface area contributed by atoms with Crippen LogP contribution in [0.3, 0.4) is 0 Å². The van der Waals surface area contributed by atoms with Crippen LogP contribution in [0, 0.1) is 0 Å². The molecule has 116 valence electrons. The fourth-order valence-electron chi connectivity index (χ4n) is 3.55. The number of aryl methyl sites for hydroxylation is 1. The average molecular weight is 299 g/mol. The van der Waals surface area contributed by atoms with Crippen molar-refractivity contribution < 1.29 is 4.74 Å². The minimum absolute atomic E-state index is 0.0336. The van der Waals surface area contributed by atoms with Gasteiger partial charge in [-0.15, -0.1) is 0 Å². The molecule has 0 aromatic carbocycles. The first-order valence-electron chi connectivity index (χ1n) is 7.95. The van der Waals surface area contributed by atoms with Gasteiger partial charge in [-0.1, -0.05) is 12.8 Å². The molecule has 6 heteroatoms. The number of hydrogen-bond donors (Lipinski definition) is 0. The summed E-state index contributed by atoms with van der Waals surface area (Å²) < 4.78 is 7.88. The largest absolute Gasteiger partial charge is 0.371 e. The quantitative estimate of drug-likeness (QED) is 0.849. The molecule has 1 saturated carbocycles. The Morgan fingerprint density at radius 2 is 2.14 bits per heavy atom. The Balaban J connectivity index is 1.59. The molecule has 1 saturated heterocycles. The van der Waals surface area contributed by atoms with E-state index in [1.54, 1.807) is 4.68 Å². The van der Waals surface area contributed by atoms with Gasteiger partial charge in [-0.05, 0) is 18.9 Å². The van der Waals surface area contributed by atoms with Gasteiger partial charge in [0.05, 0.1) is 24.1 Å². The number of nitrogens with zero attached hydrogens (tertiary/aromatic N) is 5. The highest BCUT2D eigenvalue weighted by atomic mass is 16.5. The van der Waals surface area contributed by atoms with Crippen LogP contribution in [0.1, 0.15) is 25.7 Å². The standard InChI is InChI=1S/C16H21N5O/c1-20-11-13(10-18-20)14-4-7-17-15(19-14)21-8-9-22-16(12-21)5-2-3-6-16/h4,7,10-11H,2-3,5-6,8-9,12H2,1H3. The van der Waals surface area contributed by atoms with E-state index in [1.165, 1.54) is 12.8 Å². The predicted octanol–water partition coefficient (Wildman–Crippen LogP) is 2.03. The summed E-state index contributed by atoms with van der Waals surface area (Å²) in [4.78, 5) is 11.5. The molecule has 4 rings (SSSR count). The molecular weight excluding hydrogens is 278 g/mol. The first-order valence-corrected chi connectivity index (χ1v) is 7.95. The Hall–Kier alpha value is -1.95. The van der Waals surface area contributed by atoms with Crippen LogP contribution >= 0.6 is 0 Å². The van der Waals surface area contributed by atoms with E-state index in [9.17, 15) is 0 Å². The van der Waals surface area contributed by atoms with Crippen LogP contribution in [-0.2, 0) is 11.8 Å². The molecule has 1 aliphatic heterocycles. The summed E-state index contributed by atoms with van der Waals surface area (Å²) in [6.45, 7) is 2.53. The molecule has 0 bridgehead atoms. The smallest absolute Gasteiger partial charge is 0.226 e. The highest BCUT2D eigenvalue weighted by molar-refractivity contribution is 5.58. The van der Waals surface area contributed by atoms with E-state index < -0.39 is 0 Å². The van der Waals surface area contributed by atoms with E-state index >= 15 is 0 Å². The molecule has 1 spiro atoms. The highest BCUT2D eigenvalue weighted by Crippen LogP contribution is 2.36. The van der Waals surface area contributed by atoms with Gasteiger partial charge in [0.2, 0.25) is 5.95 Å². The maximum atomic E-state index is 6.09. The van der Waals surface area contributed by atoms with Gasteiger partial charge >= 0.3 is 0 Å². The molecule has 0 radical (unpaired) electrons. The molecule has 3 heterocycles. The number of hydrogen-bond acceptors (Lipinski definition) is 5. The number of aromatic nitrogens is 4. The van der Waals surface area contributed by atoms with Crippen molar-refractivity contribution in [2.24, 2.45) is 7.05 Å². The topological polar surface area (TPSA) is 56.1 Å². The second-order valence-electron chi connectivity index (χ2n) is 6.30.